The monoisotopic (exact) mass is 221 g/mol. The van der Waals surface area contributed by atoms with Crippen molar-refractivity contribution in [1.82, 2.24) is 4.31 Å². The minimum atomic E-state index is 0.641. The van der Waals surface area contributed by atoms with Gasteiger partial charge in [-0.3, -0.25) is 0 Å². The lowest BCUT2D eigenvalue weighted by molar-refractivity contribution is 0.442. The Balaban J connectivity index is 2.36. The quantitative estimate of drug-likeness (QED) is 0.704. The highest BCUT2D eigenvalue weighted by Crippen LogP contribution is 2.29. The van der Waals surface area contributed by atoms with Crippen LogP contribution < -0.4 is 0 Å². The van der Waals surface area contributed by atoms with Crippen molar-refractivity contribution < 1.29 is 0 Å². The molecule has 82 valence electrons. The average Bonchev–Trinajstić information content (AvgIpc) is 2.27. The zero-order valence-electron chi connectivity index (χ0n) is 9.79. The van der Waals surface area contributed by atoms with E-state index in [2.05, 4.69) is 42.6 Å². The van der Waals surface area contributed by atoms with Crippen LogP contribution in [0.2, 0.25) is 0 Å². The highest BCUT2D eigenvalue weighted by atomic mass is 32.2. The van der Waals surface area contributed by atoms with E-state index in [1.807, 2.05) is 11.9 Å². The van der Waals surface area contributed by atoms with Gasteiger partial charge < -0.3 is 0 Å². The summed E-state index contributed by atoms with van der Waals surface area (Å²) in [6.45, 7) is 6.88. The normalized spacial score (nSPS) is 16.8. The zero-order valence-corrected chi connectivity index (χ0v) is 10.6. The van der Waals surface area contributed by atoms with Gasteiger partial charge in [-0.2, -0.15) is 0 Å². The molecule has 2 rings (SSSR count). The highest BCUT2D eigenvalue weighted by molar-refractivity contribution is 7.96. The highest BCUT2D eigenvalue weighted by Gasteiger charge is 2.18. The van der Waals surface area contributed by atoms with E-state index in [1.165, 1.54) is 18.5 Å². The topological polar surface area (TPSA) is 3.24 Å². The van der Waals surface area contributed by atoms with Gasteiger partial charge in [0.2, 0.25) is 0 Å². The molecule has 0 atom stereocenters. The van der Waals surface area contributed by atoms with Crippen LogP contribution in [0.4, 0.5) is 0 Å². The molecule has 0 spiro atoms. The third-order valence-electron chi connectivity index (χ3n) is 3.15. The Morgan fingerprint density at radius 1 is 1.33 bits per heavy atom. The Kier molecular flexibility index (Phi) is 3.37. The lowest BCUT2D eigenvalue weighted by Crippen LogP contribution is -2.25. The Labute approximate surface area is 97.0 Å². The molecule has 15 heavy (non-hydrogen) atoms. The van der Waals surface area contributed by atoms with Crippen LogP contribution >= 0.6 is 11.9 Å². The van der Waals surface area contributed by atoms with Gasteiger partial charge in [-0.15, -0.1) is 0 Å². The van der Waals surface area contributed by atoms with Gasteiger partial charge in [0.05, 0.1) is 0 Å². The maximum atomic E-state index is 2.45. The molecule has 0 amide bonds. The molecule has 0 fully saturated rings. The molecule has 0 aromatic heterocycles. The third-order valence-corrected chi connectivity index (χ3v) is 3.98. The molecule has 0 unspecified atom stereocenters. The summed E-state index contributed by atoms with van der Waals surface area (Å²) in [6.07, 6.45) is 3.37. The second-order valence-electron chi connectivity index (χ2n) is 4.44. The first-order valence-corrected chi connectivity index (χ1v) is 6.80. The van der Waals surface area contributed by atoms with E-state index in [9.17, 15) is 0 Å². The van der Waals surface area contributed by atoms with Crippen molar-refractivity contribution in [2.75, 3.05) is 12.8 Å². The maximum absolute atomic E-state index is 2.45. The van der Waals surface area contributed by atoms with E-state index >= 15 is 0 Å². The molecule has 1 aliphatic rings. The number of nitrogens with zero attached hydrogens (tertiary/aromatic N) is 1. The summed E-state index contributed by atoms with van der Waals surface area (Å²) in [6, 6.07) is 6.79. The van der Waals surface area contributed by atoms with Crippen molar-refractivity contribution in [2.45, 2.75) is 32.7 Å². The summed E-state index contributed by atoms with van der Waals surface area (Å²) >= 11 is 1.86. The summed E-state index contributed by atoms with van der Waals surface area (Å²) in [7, 11) is 0. The fourth-order valence-corrected chi connectivity index (χ4v) is 2.81. The lowest BCUT2D eigenvalue weighted by Gasteiger charge is -2.29. The first kappa shape index (κ1) is 11.0. The van der Waals surface area contributed by atoms with Gasteiger partial charge in [0, 0.05) is 13.1 Å². The number of fused-ring (bicyclic) bond motifs is 1. The molecule has 0 bridgehead atoms. The van der Waals surface area contributed by atoms with Crippen molar-refractivity contribution in [1.29, 1.82) is 0 Å². The van der Waals surface area contributed by atoms with Gasteiger partial charge in [0.15, 0.2) is 0 Å². The molecular formula is C13H19NS. The fourth-order valence-electron chi connectivity index (χ4n) is 2.28. The largest absolute Gasteiger partial charge is 0.246 e. The SMILES string of the molecule is CSN1CCc2cccc(C(C)C)c2C1. The van der Waals surface area contributed by atoms with E-state index in [-0.39, 0.29) is 0 Å². The van der Waals surface area contributed by atoms with Crippen LogP contribution in [0.15, 0.2) is 18.2 Å². The van der Waals surface area contributed by atoms with Crippen molar-refractivity contribution in [3.8, 4) is 0 Å². The first-order chi connectivity index (χ1) is 7.22. The van der Waals surface area contributed by atoms with Gasteiger partial charge in [0.1, 0.15) is 0 Å². The molecule has 1 aromatic rings. The van der Waals surface area contributed by atoms with E-state index in [0.29, 0.717) is 5.92 Å². The summed E-state index contributed by atoms with van der Waals surface area (Å²) in [5.41, 5.74) is 4.67. The van der Waals surface area contributed by atoms with Gasteiger partial charge in [0.25, 0.3) is 0 Å². The molecule has 2 heteroatoms. The molecule has 1 aliphatic heterocycles. The van der Waals surface area contributed by atoms with Crippen LogP contribution in [0.3, 0.4) is 0 Å². The summed E-state index contributed by atoms with van der Waals surface area (Å²) in [5, 5.41) is 0. The predicted molar refractivity (Wildman–Crippen MR) is 68.2 cm³/mol. The molecule has 0 N–H and O–H groups in total. The Hall–Kier alpha value is -0.470. The van der Waals surface area contributed by atoms with Gasteiger partial charge in [-0.05, 0) is 35.3 Å². The van der Waals surface area contributed by atoms with Crippen LogP contribution in [0.1, 0.15) is 36.5 Å². The molecule has 0 saturated carbocycles. The van der Waals surface area contributed by atoms with Crippen molar-refractivity contribution in [3.63, 3.8) is 0 Å². The molecule has 1 heterocycles. The van der Waals surface area contributed by atoms with E-state index in [0.717, 1.165) is 6.54 Å². The van der Waals surface area contributed by atoms with E-state index < -0.39 is 0 Å². The summed E-state index contributed by atoms with van der Waals surface area (Å²) < 4.78 is 2.45. The minimum Gasteiger partial charge on any atom is -0.246 e. The number of hydrogen-bond donors (Lipinski definition) is 0. The average molecular weight is 221 g/mol. The van der Waals surface area contributed by atoms with E-state index in [1.54, 1.807) is 11.1 Å². The van der Waals surface area contributed by atoms with E-state index in [4.69, 9.17) is 0 Å². The van der Waals surface area contributed by atoms with Crippen LogP contribution in [0.25, 0.3) is 0 Å². The molecule has 0 aliphatic carbocycles. The number of hydrogen-bond acceptors (Lipinski definition) is 2. The molecule has 1 nitrogen and oxygen atoms in total. The second-order valence-corrected chi connectivity index (χ2v) is 5.32. The fraction of sp³-hybridized carbons (Fsp3) is 0.538. The Morgan fingerprint density at radius 2 is 2.13 bits per heavy atom. The second kappa shape index (κ2) is 4.58. The lowest BCUT2D eigenvalue weighted by atomic mass is 9.90. The van der Waals surface area contributed by atoms with Crippen LogP contribution in [0.5, 0.6) is 0 Å². The molecule has 0 saturated heterocycles. The summed E-state index contributed by atoms with van der Waals surface area (Å²) in [4.78, 5) is 0. The van der Waals surface area contributed by atoms with Gasteiger partial charge in [-0.25, -0.2) is 4.31 Å². The van der Waals surface area contributed by atoms with Crippen LogP contribution in [-0.4, -0.2) is 17.1 Å². The van der Waals surface area contributed by atoms with Crippen molar-refractivity contribution in [3.05, 3.63) is 34.9 Å². The first-order valence-electron chi connectivity index (χ1n) is 5.62. The summed E-state index contributed by atoms with van der Waals surface area (Å²) in [5.74, 6) is 0.641. The Morgan fingerprint density at radius 3 is 2.80 bits per heavy atom. The smallest absolute Gasteiger partial charge is 0.0346 e. The molecule has 1 aromatic carbocycles. The number of rotatable bonds is 2. The minimum absolute atomic E-state index is 0.641. The van der Waals surface area contributed by atoms with Gasteiger partial charge in [-0.1, -0.05) is 44.0 Å². The molecular weight excluding hydrogens is 202 g/mol. The standard InChI is InChI=1S/C13H19NS/c1-10(2)12-6-4-5-11-7-8-14(15-3)9-13(11)12/h4-6,10H,7-9H2,1-3H3. The van der Waals surface area contributed by atoms with Gasteiger partial charge >= 0.3 is 0 Å². The zero-order chi connectivity index (χ0) is 10.8. The van der Waals surface area contributed by atoms with Crippen LogP contribution in [0, 0.1) is 0 Å². The van der Waals surface area contributed by atoms with Crippen molar-refractivity contribution >= 4 is 11.9 Å². The number of benzene rings is 1. The molecule has 0 radical (unpaired) electrons. The third kappa shape index (κ3) is 2.21. The van der Waals surface area contributed by atoms with Crippen molar-refractivity contribution in [2.24, 2.45) is 0 Å². The van der Waals surface area contributed by atoms with Crippen LogP contribution in [-0.2, 0) is 13.0 Å². The maximum Gasteiger partial charge on any atom is 0.0346 e. The Bertz CT molecular complexity index is 346. The predicted octanol–water partition coefficient (Wildman–Crippen LogP) is 3.45.